The third-order valence-electron chi connectivity index (χ3n) is 4.74. The number of carbonyl (C=O) groups is 2. The van der Waals surface area contributed by atoms with Crippen LogP contribution in [0.4, 0.5) is 5.69 Å². The molecule has 6 nitrogen and oxygen atoms in total. The highest BCUT2D eigenvalue weighted by Gasteiger charge is 2.11. The van der Waals surface area contributed by atoms with Gasteiger partial charge in [0.1, 0.15) is 5.75 Å². The van der Waals surface area contributed by atoms with Crippen LogP contribution >= 0.6 is 12.2 Å². The summed E-state index contributed by atoms with van der Waals surface area (Å²) < 4.78 is 5.80. The molecule has 0 fully saturated rings. The summed E-state index contributed by atoms with van der Waals surface area (Å²) in [5.74, 6) is 0.112. The first-order valence-corrected chi connectivity index (χ1v) is 11.2. The summed E-state index contributed by atoms with van der Waals surface area (Å²) in [6.45, 7) is 3.11. The number of carbonyl (C=O) groups excluding carboxylic acids is 2. The Morgan fingerprint density at radius 3 is 2.36 bits per heavy atom. The van der Waals surface area contributed by atoms with Gasteiger partial charge in [0.2, 0.25) is 0 Å². The van der Waals surface area contributed by atoms with Crippen molar-refractivity contribution in [2.45, 2.75) is 19.8 Å². The Morgan fingerprint density at radius 2 is 1.61 bits per heavy atom. The van der Waals surface area contributed by atoms with Gasteiger partial charge in [0.15, 0.2) is 5.11 Å². The van der Waals surface area contributed by atoms with Gasteiger partial charge in [0, 0.05) is 29.8 Å². The Bertz CT molecular complexity index is 1100. The number of rotatable bonds is 9. The van der Waals surface area contributed by atoms with E-state index in [1.165, 1.54) is 5.56 Å². The fourth-order valence-corrected chi connectivity index (χ4v) is 3.29. The van der Waals surface area contributed by atoms with Gasteiger partial charge in [-0.25, -0.2) is 0 Å². The van der Waals surface area contributed by atoms with Crippen molar-refractivity contribution in [2.24, 2.45) is 0 Å². The molecule has 3 N–H and O–H groups in total. The second-order valence-electron chi connectivity index (χ2n) is 7.36. The molecule has 7 heteroatoms. The van der Waals surface area contributed by atoms with Gasteiger partial charge in [-0.05, 0) is 60.6 Å². The number of benzene rings is 3. The molecule has 0 unspecified atom stereocenters. The number of nitrogens with one attached hydrogen (secondary N) is 3. The van der Waals surface area contributed by atoms with E-state index in [1.54, 1.807) is 42.5 Å². The summed E-state index contributed by atoms with van der Waals surface area (Å²) in [5.41, 5.74) is 2.75. The highest BCUT2D eigenvalue weighted by Crippen LogP contribution is 2.15. The summed E-state index contributed by atoms with van der Waals surface area (Å²) in [5, 5.41) is 8.58. The maximum absolute atomic E-state index is 12.6. The van der Waals surface area contributed by atoms with Crippen LogP contribution in [-0.4, -0.2) is 30.1 Å². The van der Waals surface area contributed by atoms with Gasteiger partial charge in [0.25, 0.3) is 11.8 Å². The minimum absolute atomic E-state index is 0.140. The predicted molar refractivity (Wildman–Crippen MR) is 135 cm³/mol. The van der Waals surface area contributed by atoms with Crippen molar-refractivity contribution in [3.05, 3.63) is 95.6 Å². The van der Waals surface area contributed by atoms with Crippen LogP contribution in [0.25, 0.3) is 0 Å². The Morgan fingerprint density at radius 1 is 0.879 bits per heavy atom. The quantitative estimate of drug-likeness (QED) is 0.407. The standard InChI is InChI=1S/C26H27N3O3S/c1-2-15-27-24(30)20-10-6-12-22(17-20)28-26(33)29-25(31)21-11-7-13-23(18-21)32-16-14-19-8-4-3-5-9-19/h3-13,17-18H,2,14-16H2,1H3,(H,27,30)(H2,28,29,31,33). The predicted octanol–water partition coefficient (Wildman–Crippen LogP) is 4.57. The molecule has 3 rings (SSSR count). The van der Waals surface area contributed by atoms with Crippen molar-refractivity contribution >= 4 is 34.8 Å². The lowest BCUT2D eigenvalue weighted by molar-refractivity contribution is 0.0951. The molecule has 0 aliphatic carbocycles. The Balaban J connectivity index is 1.53. The van der Waals surface area contributed by atoms with E-state index in [0.717, 1.165) is 12.8 Å². The van der Waals surface area contributed by atoms with Gasteiger partial charge < -0.3 is 15.4 Å². The number of anilines is 1. The number of hydrogen-bond donors (Lipinski definition) is 3. The van der Waals surface area contributed by atoms with Crippen LogP contribution in [0.1, 0.15) is 39.6 Å². The average molecular weight is 462 g/mol. The summed E-state index contributed by atoms with van der Waals surface area (Å²) >= 11 is 5.27. The van der Waals surface area contributed by atoms with Crippen molar-refractivity contribution < 1.29 is 14.3 Å². The first kappa shape index (κ1) is 23.9. The zero-order valence-corrected chi connectivity index (χ0v) is 19.3. The van der Waals surface area contributed by atoms with Crippen molar-refractivity contribution in [3.63, 3.8) is 0 Å². The van der Waals surface area contributed by atoms with E-state index in [-0.39, 0.29) is 16.9 Å². The van der Waals surface area contributed by atoms with E-state index < -0.39 is 0 Å². The molecule has 0 saturated heterocycles. The van der Waals surface area contributed by atoms with Crippen molar-refractivity contribution in [2.75, 3.05) is 18.5 Å². The molecule has 0 heterocycles. The average Bonchev–Trinajstić information content (AvgIpc) is 2.83. The van der Waals surface area contributed by atoms with Crippen molar-refractivity contribution in [1.82, 2.24) is 10.6 Å². The summed E-state index contributed by atoms with van der Waals surface area (Å²) in [7, 11) is 0. The molecular weight excluding hydrogens is 434 g/mol. The first-order chi connectivity index (χ1) is 16.0. The zero-order chi connectivity index (χ0) is 23.5. The van der Waals surface area contributed by atoms with E-state index in [0.29, 0.717) is 35.7 Å². The second-order valence-corrected chi connectivity index (χ2v) is 7.77. The van der Waals surface area contributed by atoms with E-state index in [1.807, 2.05) is 31.2 Å². The van der Waals surface area contributed by atoms with E-state index in [2.05, 4.69) is 28.1 Å². The lowest BCUT2D eigenvalue weighted by Crippen LogP contribution is -2.34. The maximum Gasteiger partial charge on any atom is 0.257 e. The third kappa shape index (κ3) is 7.73. The van der Waals surface area contributed by atoms with Crippen LogP contribution in [0.5, 0.6) is 5.75 Å². The molecule has 0 radical (unpaired) electrons. The van der Waals surface area contributed by atoms with Crippen LogP contribution < -0.4 is 20.7 Å². The molecule has 0 spiro atoms. The molecule has 33 heavy (non-hydrogen) atoms. The van der Waals surface area contributed by atoms with Gasteiger partial charge in [-0.3, -0.25) is 14.9 Å². The van der Waals surface area contributed by atoms with Crippen LogP contribution in [0.15, 0.2) is 78.9 Å². The summed E-state index contributed by atoms with van der Waals surface area (Å²) in [6.07, 6.45) is 1.64. The normalized spacial score (nSPS) is 10.2. The maximum atomic E-state index is 12.6. The highest BCUT2D eigenvalue weighted by molar-refractivity contribution is 7.80. The molecule has 3 aromatic carbocycles. The van der Waals surface area contributed by atoms with Gasteiger partial charge in [-0.2, -0.15) is 0 Å². The van der Waals surface area contributed by atoms with Gasteiger partial charge in [0.05, 0.1) is 6.61 Å². The Kier molecular flexibility index (Phi) is 8.97. The fraction of sp³-hybridized carbons (Fsp3) is 0.192. The lowest BCUT2D eigenvalue weighted by Gasteiger charge is -2.12. The summed E-state index contributed by atoms with van der Waals surface area (Å²) in [4.78, 5) is 24.8. The number of thiocarbonyl (C=S) groups is 1. The molecular formula is C26H27N3O3S. The molecule has 0 bridgehead atoms. The molecule has 2 amide bonds. The van der Waals surface area contributed by atoms with Crippen molar-refractivity contribution in [1.29, 1.82) is 0 Å². The van der Waals surface area contributed by atoms with Gasteiger partial charge in [-0.1, -0.05) is 49.4 Å². The molecule has 0 aliphatic heterocycles. The SMILES string of the molecule is CCCNC(=O)c1cccc(NC(=S)NC(=O)c2cccc(OCCc3ccccc3)c2)c1. The topological polar surface area (TPSA) is 79.5 Å². The molecule has 3 aromatic rings. The molecule has 0 atom stereocenters. The van der Waals surface area contributed by atoms with Crippen LogP contribution in [0.2, 0.25) is 0 Å². The minimum atomic E-state index is -0.349. The van der Waals surface area contributed by atoms with E-state index in [4.69, 9.17) is 17.0 Å². The Hall–Kier alpha value is -3.71. The number of amides is 2. The lowest BCUT2D eigenvalue weighted by atomic mass is 10.1. The largest absolute Gasteiger partial charge is 0.493 e. The smallest absolute Gasteiger partial charge is 0.257 e. The highest BCUT2D eigenvalue weighted by atomic mass is 32.1. The van der Waals surface area contributed by atoms with E-state index >= 15 is 0 Å². The van der Waals surface area contributed by atoms with Gasteiger partial charge >= 0.3 is 0 Å². The number of ether oxygens (including phenoxy) is 1. The van der Waals surface area contributed by atoms with Gasteiger partial charge in [-0.15, -0.1) is 0 Å². The molecule has 0 aliphatic rings. The third-order valence-corrected chi connectivity index (χ3v) is 4.95. The van der Waals surface area contributed by atoms with Crippen LogP contribution in [-0.2, 0) is 6.42 Å². The van der Waals surface area contributed by atoms with Crippen LogP contribution in [0.3, 0.4) is 0 Å². The zero-order valence-electron chi connectivity index (χ0n) is 18.5. The molecule has 0 saturated carbocycles. The minimum Gasteiger partial charge on any atom is -0.493 e. The summed E-state index contributed by atoms with van der Waals surface area (Å²) in [6, 6.07) is 24.0. The van der Waals surface area contributed by atoms with E-state index in [9.17, 15) is 9.59 Å². The monoisotopic (exact) mass is 461 g/mol. The second kappa shape index (κ2) is 12.4. The van der Waals surface area contributed by atoms with Crippen molar-refractivity contribution in [3.8, 4) is 5.75 Å². The molecule has 170 valence electrons. The fourth-order valence-electron chi connectivity index (χ4n) is 3.07. The Labute approximate surface area is 199 Å². The number of hydrogen-bond acceptors (Lipinski definition) is 4. The van der Waals surface area contributed by atoms with Crippen LogP contribution in [0, 0.1) is 0 Å². The molecule has 0 aromatic heterocycles. The first-order valence-electron chi connectivity index (χ1n) is 10.8.